The topological polar surface area (TPSA) is 109 Å². The van der Waals surface area contributed by atoms with Gasteiger partial charge in [-0.2, -0.15) is 5.10 Å². The number of H-pyrrole nitrogens is 1. The highest BCUT2D eigenvalue weighted by Crippen LogP contribution is 2.33. The lowest BCUT2D eigenvalue weighted by Crippen LogP contribution is -2.41. The Bertz CT molecular complexity index is 985. The van der Waals surface area contributed by atoms with Gasteiger partial charge in [0.2, 0.25) is 6.79 Å². The van der Waals surface area contributed by atoms with Gasteiger partial charge in [-0.25, -0.2) is 0 Å². The summed E-state index contributed by atoms with van der Waals surface area (Å²) in [6, 6.07) is 5.19. The first-order chi connectivity index (χ1) is 15.2. The fraction of sp³-hybridized carbons (Fsp3) is 0.476. The van der Waals surface area contributed by atoms with E-state index in [9.17, 15) is 9.59 Å². The van der Waals surface area contributed by atoms with Crippen LogP contribution in [0.25, 0.3) is 0 Å². The standard InChI is InChI=1S/C21H25N5O5/c27-20(22-4-6-25-7-9-29-10-8-25)19-15-12-26(5-3-16(15)23-24-19)21(28)14-1-2-17-18(11-14)31-13-30-17/h1-2,11H,3-10,12-13H2,(H,22,27)(H,23,24). The molecule has 10 nitrogen and oxygen atoms in total. The van der Waals surface area contributed by atoms with E-state index in [0.29, 0.717) is 48.8 Å². The zero-order valence-electron chi connectivity index (χ0n) is 17.2. The summed E-state index contributed by atoms with van der Waals surface area (Å²) >= 11 is 0. The number of hydrogen-bond donors (Lipinski definition) is 2. The number of nitrogens with zero attached hydrogens (tertiary/aromatic N) is 3. The second kappa shape index (κ2) is 8.56. The minimum atomic E-state index is -0.219. The normalized spacial score (nSPS) is 18.0. The Labute approximate surface area is 179 Å². The summed E-state index contributed by atoms with van der Waals surface area (Å²) in [6.45, 7) is 5.60. The molecule has 1 saturated heterocycles. The summed E-state index contributed by atoms with van der Waals surface area (Å²) < 4.78 is 16.0. The molecule has 0 spiro atoms. The molecule has 164 valence electrons. The van der Waals surface area contributed by atoms with Gasteiger partial charge in [0.15, 0.2) is 17.2 Å². The van der Waals surface area contributed by atoms with Gasteiger partial charge in [-0.15, -0.1) is 0 Å². The molecule has 0 atom stereocenters. The van der Waals surface area contributed by atoms with E-state index in [1.54, 1.807) is 23.1 Å². The summed E-state index contributed by atoms with van der Waals surface area (Å²) in [5, 5.41) is 10.1. The van der Waals surface area contributed by atoms with Crippen molar-refractivity contribution < 1.29 is 23.8 Å². The van der Waals surface area contributed by atoms with Crippen molar-refractivity contribution in [2.75, 3.05) is 52.7 Å². The maximum absolute atomic E-state index is 13.0. The fourth-order valence-corrected chi connectivity index (χ4v) is 4.10. The summed E-state index contributed by atoms with van der Waals surface area (Å²) in [5.74, 6) is 0.891. The molecule has 5 rings (SSSR count). The molecule has 3 aliphatic heterocycles. The molecule has 0 bridgehead atoms. The molecule has 1 aromatic heterocycles. The first kappa shape index (κ1) is 19.8. The van der Waals surface area contributed by atoms with Crippen LogP contribution < -0.4 is 14.8 Å². The highest BCUT2D eigenvalue weighted by atomic mass is 16.7. The molecule has 1 fully saturated rings. The predicted octanol–water partition coefficient (Wildman–Crippen LogP) is 0.399. The third-order valence-corrected chi connectivity index (χ3v) is 5.87. The highest BCUT2D eigenvalue weighted by Gasteiger charge is 2.29. The summed E-state index contributed by atoms with van der Waals surface area (Å²) in [5.41, 5.74) is 2.59. The van der Waals surface area contributed by atoms with E-state index in [1.807, 2.05) is 0 Å². The average molecular weight is 427 g/mol. The number of carbonyl (C=O) groups excluding carboxylic acids is 2. The van der Waals surface area contributed by atoms with Crippen molar-refractivity contribution in [2.45, 2.75) is 13.0 Å². The summed E-state index contributed by atoms with van der Waals surface area (Å²) in [4.78, 5) is 29.8. The quantitative estimate of drug-likeness (QED) is 0.711. The van der Waals surface area contributed by atoms with Gasteiger partial charge in [0.05, 0.1) is 19.8 Å². The first-order valence-electron chi connectivity index (χ1n) is 10.5. The van der Waals surface area contributed by atoms with Crippen LogP contribution in [0.2, 0.25) is 0 Å². The summed E-state index contributed by atoms with van der Waals surface area (Å²) in [7, 11) is 0. The van der Waals surface area contributed by atoms with Crippen LogP contribution in [0.3, 0.4) is 0 Å². The number of ether oxygens (including phenoxy) is 3. The molecule has 4 heterocycles. The molecule has 2 amide bonds. The lowest BCUT2D eigenvalue weighted by atomic mass is 10.0. The Morgan fingerprint density at radius 3 is 2.84 bits per heavy atom. The fourth-order valence-electron chi connectivity index (χ4n) is 4.10. The van der Waals surface area contributed by atoms with E-state index in [0.717, 1.165) is 44.1 Å². The maximum atomic E-state index is 13.0. The van der Waals surface area contributed by atoms with Gasteiger partial charge >= 0.3 is 0 Å². The van der Waals surface area contributed by atoms with Gasteiger partial charge in [0, 0.05) is 56.0 Å². The number of aromatic nitrogens is 2. The van der Waals surface area contributed by atoms with Crippen LogP contribution in [0, 0.1) is 0 Å². The Kier molecular flexibility index (Phi) is 5.47. The number of fused-ring (bicyclic) bond motifs is 2. The van der Waals surface area contributed by atoms with Crippen LogP contribution >= 0.6 is 0 Å². The molecule has 1 aromatic carbocycles. The molecule has 3 aliphatic rings. The number of amides is 2. The van der Waals surface area contributed by atoms with E-state index < -0.39 is 0 Å². The van der Waals surface area contributed by atoms with E-state index in [2.05, 4.69) is 20.4 Å². The molecule has 0 unspecified atom stereocenters. The number of benzene rings is 1. The second-order valence-corrected chi connectivity index (χ2v) is 7.78. The molecule has 10 heteroatoms. The van der Waals surface area contributed by atoms with E-state index in [1.165, 1.54) is 0 Å². The summed E-state index contributed by atoms with van der Waals surface area (Å²) in [6.07, 6.45) is 0.625. The van der Waals surface area contributed by atoms with Crippen LogP contribution in [-0.4, -0.2) is 84.5 Å². The number of carbonyl (C=O) groups is 2. The van der Waals surface area contributed by atoms with Crippen molar-refractivity contribution in [2.24, 2.45) is 0 Å². The zero-order chi connectivity index (χ0) is 21.2. The predicted molar refractivity (Wildman–Crippen MR) is 109 cm³/mol. The van der Waals surface area contributed by atoms with E-state index in [4.69, 9.17) is 14.2 Å². The number of morpholine rings is 1. The molecule has 31 heavy (non-hydrogen) atoms. The SMILES string of the molecule is O=C(NCCN1CCOCC1)c1n[nH]c2c1CN(C(=O)c1ccc3c(c1)OCO3)CC2. The van der Waals surface area contributed by atoms with Gasteiger partial charge in [0.25, 0.3) is 11.8 Å². The minimum Gasteiger partial charge on any atom is -0.454 e. The maximum Gasteiger partial charge on any atom is 0.272 e. The molecule has 0 aliphatic carbocycles. The average Bonchev–Trinajstić information content (AvgIpc) is 3.45. The lowest BCUT2D eigenvalue weighted by Gasteiger charge is -2.27. The van der Waals surface area contributed by atoms with E-state index >= 15 is 0 Å². The third-order valence-electron chi connectivity index (χ3n) is 5.87. The smallest absolute Gasteiger partial charge is 0.272 e. The minimum absolute atomic E-state index is 0.108. The highest BCUT2D eigenvalue weighted by molar-refractivity contribution is 5.96. The second-order valence-electron chi connectivity index (χ2n) is 7.78. The molecular weight excluding hydrogens is 402 g/mol. The number of aromatic amines is 1. The van der Waals surface area contributed by atoms with Crippen molar-refractivity contribution in [3.8, 4) is 11.5 Å². The largest absolute Gasteiger partial charge is 0.454 e. The Morgan fingerprint density at radius 2 is 1.97 bits per heavy atom. The monoisotopic (exact) mass is 427 g/mol. The Balaban J connectivity index is 1.23. The molecular formula is C21H25N5O5. The van der Waals surface area contributed by atoms with Crippen LogP contribution in [0.4, 0.5) is 0 Å². The molecule has 2 aromatic rings. The zero-order valence-corrected chi connectivity index (χ0v) is 17.2. The number of rotatable bonds is 5. The van der Waals surface area contributed by atoms with Gasteiger partial charge in [-0.1, -0.05) is 0 Å². The van der Waals surface area contributed by atoms with Crippen molar-refractivity contribution >= 4 is 11.8 Å². The Morgan fingerprint density at radius 1 is 1.13 bits per heavy atom. The molecule has 0 radical (unpaired) electrons. The van der Waals surface area contributed by atoms with Gasteiger partial charge < -0.3 is 24.4 Å². The van der Waals surface area contributed by atoms with E-state index in [-0.39, 0.29) is 18.6 Å². The Hall–Kier alpha value is -3.11. The van der Waals surface area contributed by atoms with Crippen molar-refractivity contribution in [1.29, 1.82) is 0 Å². The first-order valence-corrected chi connectivity index (χ1v) is 10.5. The van der Waals surface area contributed by atoms with Crippen LogP contribution in [0.1, 0.15) is 32.1 Å². The van der Waals surface area contributed by atoms with Crippen LogP contribution in [0.5, 0.6) is 11.5 Å². The lowest BCUT2D eigenvalue weighted by molar-refractivity contribution is 0.0383. The third kappa shape index (κ3) is 4.08. The van der Waals surface area contributed by atoms with Gasteiger partial charge in [-0.3, -0.25) is 19.6 Å². The van der Waals surface area contributed by atoms with Crippen LogP contribution in [0.15, 0.2) is 18.2 Å². The molecule has 0 saturated carbocycles. The van der Waals surface area contributed by atoms with Crippen molar-refractivity contribution in [3.63, 3.8) is 0 Å². The molecule has 2 N–H and O–H groups in total. The number of hydrogen-bond acceptors (Lipinski definition) is 7. The van der Waals surface area contributed by atoms with Crippen LogP contribution in [-0.2, 0) is 17.7 Å². The van der Waals surface area contributed by atoms with Crippen molar-refractivity contribution in [3.05, 3.63) is 40.7 Å². The van der Waals surface area contributed by atoms with Gasteiger partial charge in [-0.05, 0) is 18.2 Å². The van der Waals surface area contributed by atoms with Gasteiger partial charge in [0.1, 0.15) is 0 Å². The number of nitrogens with one attached hydrogen (secondary N) is 2. The van der Waals surface area contributed by atoms with Crippen molar-refractivity contribution in [1.82, 2.24) is 25.3 Å².